The number of nitrogens with zero attached hydrogens (tertiary/aromatic N) is 3. The number of anilines is 2. The van der Waals surface area contributed by atoms with Crippen LogP contribution in [0.15, 0.2) is 42.7 Å². The van der Waals surface area contributed by atoms with E-state index in [0.29, 0.717) is 18.1 Å². The lowest BCUT2D eigenvalue weighted by Gasteiger charge is -2.11. The highest BCUT2D eigenvalue weighted by Gasteiger charge is 2.04. The molecule has 22 heavy (non-hydrogen) atoms. The van der Waals surface area contributed by atoms with Crippen LogP contribution in [0.2, 0.25) is 0 Å². The highest BCUT2D eigenvalue weighted by atomic mass is 16.5. The second-order valence-electron chi connectivity index (χ2n) is 4.77. The van der Waals surface area contributed by atoms with Crippen LogP contribution in [0, 0.1) is 6.92 Å². The van der Waals surface area contributed by atoms with Crippen LogP contribution in [0.3, 0.4) is 0 Å². The molecule has 0 aliphatic rings. The molecule has 0 unspecified atom stereocenters. The monoisotopic (exact) mass is 296 g/mol. The number of hydrogen-bond acceptors (Lipinski definition) is 6. The first-order chi connectivity index (χ1) is 10.8. The maximum atomic E-state index is 8.80. The van der Waals surface area contributed by atoms with Crippen molar-refractivity contribution in [2.24, 2.45) is 0 Å². The smallest absolute Gasteiger partial charge is 0.180 e. The summed E-state index contributed by atoms with van der Waals surface area (Å²) < 4.78 is 5.44. The van der Waals surface area contributed by atoms with Crippen LogP contribution in [0.5, 0.6) is 5.75 Å². The first kappa shape index (κ1) is 14.2. The van der Waals surface area contributed by atoms with Gasteiger partial charge in [0.15, 0.2) is 5.65 Å². The fraction of sp³-hybridized carbons (Fsp3) is 0.188. The van der Waals surface area contributed by atoms with Crippen LogP contribution in [-0.2, 0) is 0 Å². The molecular formula is C16H16N4O2. The third-order valence-electron chi connectivity index (χ3n) is 3.13. The number of hydrogen-bond donors (Lipinski definition) is 2. The van der Waals surface area contributed by atoms with Crippen molar-refractivity contribution in [3.05, 3.63) is 48.3 Å². The van der Waals surface area contributed by atoms with E-state index in [1.807, 2.05) is 37.3 Å². The van der Waals surface area contributed by atoms with E-state index in [2.05, 4.69) is 20.3 Å². The number of fused-ring (bicyclic) bond motifs is 1. The minimum absolute atomic E-state index is 0.00147. The van der Waals surface area contributed by atoms with E-state index in [1.54, 1.807) is 12.4 Å². The van der Waals surface area contributed by atoms with E-state index in [0.717, 1.165) is 22.5 Å². The van der Waals surface area contributed by atoms with Gasteiger partial charge in [-0.1, -0.05) is 0 Å². The summed E-state index contributed by atoms with van der Waals surface area (Å²) in [7, 11) is 0. The zero-order valence-corrected chi connectivity index (χ0v) is 12.2. The SMILES string of the molecule is Cc1cc(Nc2ccc3nccnc3n2)ccc1OCCO. The van der Waals surface area contributed by atoms with Crippen molar-refractivity contribution in [2.75, 3.05) is 18.5 Å². The largest absolute Gasteiger partial charge is 0.491 e. The molecule has 0 radical (unpaired) electrons. The minimum atomic E-state index is 0.00147. The predicted octanol–water partition coefficient (Wildman–Crippen LogP) is 2.45. The quantitative estimate of drug-likeness (QED) is 0.753. The van der Waals surface area contributed by atoms with E-state index in [9.17, 15) is 0 Å². The van der Waals surface area contributed by atoms with Crippen molar-refractivity contribution in [2.45, 2.75) is 6.92 Å². The van der Waals surface area contributed by atoms with Gasteiger partial charge in [-0.3, -0.25) is 4.98 Å². The van der Waals surface area contributed by atoms with Gasteiger partial charge in [0, 0.05) is 18.1 Å². The second-order valence-corrected chi connectivity index (χ2v) is 4.77. The summed E-state index contributed by atoms with van der Waals surface area (Å²) >= 11 is 0. The Morgan fingerprint density at radius 2 is 2.00 bits per heavy atom. The Labute approximate surface area is 127 Å². The molecule has 0 fully saturated rings. The molecular weight excluding hydrogens is 280 g/mol. The molecule has 0 saturated heterocycles. The number of pyridine rings is 1. The molecule has 6 heteroatoms. The fourth-order valence-corrected chi connectivity index (χ4v) is 2.12. The number of nitrogens with one attached hydrogen (secondary N) is 1. The molecule has 1 aromatic carbocycles. The van der Waals surface area contributed by atoms with E-state index in [-0.39, 0.29) is 6.61 Å². The second kappa shape index (κ2) is 6.36. The third-order valence-corrected chi connectivity index (χ3v) is 3.13. The number of aryl methyl sites for hydroxylation is 1. The van der Waals surface area contributed by atoms with E-state index < -0.39 is 0 Å². The van der Waals surface area contributed by atoms with Crippen LogP contribution in [-0.4, -0.2) is 33.3 Å². The molecule has 0 bridgehead atoms. The lowest BCUT2D eigenvalue weighted by Crippen LogP contribution is -2.03. The first-order valence-electron chi connectivity index (χ1n) is 6.95. The molecule has 2 heterocycles. The highest BCUT2D eigenvalue weighted by Crippen LogP contribution is 2.24. The number of rotatable bonds is 5. The summed E-state index contributed by atoms with van der Waals surface area (Å²) in [6.07, 6.45) is 3.27. The van der Waals surface area contributed by atoms with Gasteiger partial charge in [0.2, 0.25) is 0 Å². The molecule has 3 aromatic rings. The molecule has 2 N–H and O–H groups in total. The van der Waals surface area contributed by atoms with Crippen LogP contribution in [0.1, 0.15) is 5.56 Å². The van der Waals surface area contributed by atoms with Gasteiger partial charge in [-0.2, -0.15) is 0 Å². The average Bonchev–Trinajstić information content (AvgIpc) is 2.54. The third kappa shape index (κ3) is 3.12. The Balaban J connectivity index is 1.80. The summed E-state index contributed by atoms with van der Waals surface area (Å²) in [5.74, 6) is 1.47. The minimum Gasteiger partial charge on any atom is -0.491 e. The molecule has 0 atom stereocenters. The van der Waals surface area contributed by atoms with Gasteiger partial charge in [0.25, 0.3) is 0 Å². The van der Waals surface area contributed by atoms with Gasteiger partial charge in [0.05, 0.1) is 6.61 Å². The Kier molecular flexibility index (Phi) is 4.11. The number of aromatic nitrogens is 3. The zero-order chi connectivity index (χ0) is 15.4. The lowest BCUT2D eigenvalue weighted by atomic mass is 10.2. The number of ether oxygens (including phenoxy) is 1. The standard InChI is InChI=1S/C16H16N4O2/c1-11-10-12(2-4-14(11)22-9-8-21)19-15-5-3-13-16(20-15)18-7-6-17-13/h2-7,10,21H,8-9H2,1H3,(H,18,19,20). The summed E-state index contributed by atoms with van der Waals surface area (Å²) in [6.45, 7) is 2.25. The van der Waals surface area contributed by atoms with Crippen LogP contribution in [0.4, 0.5) is 11.5 Å². The fourth-order valence-electron chi connectivity index (χ4n) is 2.12. The summed E-state index contributed by atoms with van der Waals surface area (Å²) in [4.78, 5) is 12.8. The van der Waals surface area contributed by atoms with Crippen molar-refractivity contribution in [1.82, 2.24) is 15.0 Å². The van der Waals surface area contributed by atoms with Gasteiger partial charge in [0.1, 0.15) is 23.7 Å². The average molecular weight is 296 g/mol. The van der Waals surface area contributed by atoms with Crippen molar-refractivity contribution in [3.8, 4) is 5.75 Å². The Morgan fingerprint density at radius 1 is 1.14 bits per heavy atom. The molecule has 0 saturated carbocycles. The number of benzene rings is 1. The molecule has 0 spiro atoms. The van der Waals surface area contributed by atoms with Crippen molar-refractivity contribution >= 4 is 22.7 Å². The number of aliphatic hydroxyl groups excluding tert-OH is 1. The zero-order valence-electron chi connectivity index (χ0n) is 12.2. The van der Waals surface area contributed by atoms with Crippen LogP contribution < -0.4 is 10.1 Å². The molecule has 0 aliphatic carbocycles. The summed E-state index contributed by atoms with van der Waals surface area (Å²) in [5, 5.41) is 12.0. The first-order valence-corrected chi connectivity index (χ1v) is 6.95. The van der Waals surface area contributed by atoms with Crippen molar-refractivity contribution in [3.63, 3.8) is 0 Å². The molecule has 6 nitrogen and oxygen atoms in total. The molecule has 2 aromatic heterocycles. The molecule has 0 aliphatic heterocycles. The maximum absolute atomic E-state index is 8.80. The van der Waals surface area contributed by atoms with Gasteiger partial charge >= 0.3 is 0 Å². The van der Waals surface area contributed by atoms with E-state index in [4.69, 9.17) is 9.84 Å². The van der Waals surface area contributed by atoms with Gasteiger partial charge in [-0.15, -0.1) is 0 Å². The Morgan fingerprint density at radius 3 is 2.82 bits per heavy atom. The van der Waals surface area contributed by atoms with Gasteiger partial charge in [-0.05, 0) is 42.8 Å². The normalized spacial score (nSPS) is 10.6. The Bertz CT molecular complexity index is 792. The highest BCUT2D eigenvalue weighted by molar-refractivity contribution is 5.73. The summed E-state index contributed by atoms with van der Waals surface area (Å²) in [5.41, 5.74) is 3.26. The van der Waals surface area contributed by atoms with Crippen molar-refractivity contribution in [1.29, 1.82) is 0 Å². The van der Waals surface area contributed by atoms with Gasteiger partial charge < -0.3 is 15.2 Å². The number of aliphatic hydroxyl groups is 1. The Hall–Kier alpha value is -2.73. The topological polar surface area (TPSA) is 80.2 Å². The lowest BCUT2D eigenvalue weighted by molar-refractivity contribution is 0.200. The van der Waals surface area contributed by atoms with E-state index >= 15 is 0 Å². The maximum Gasteiger partial charge on any atom is 0.180 e. The van der Waals surface area contributed by atoms with Gasteiger partial charge in [-0.25, -0.2) is 9.97 Å². The van der Waals surface area contributed by atoms with Crippen LogP contribution >= 0.6 is 0 Å². The van der Waals surface area contributed by atoms with Crippen LogP contribution in [0.25, 0.3) is 11.2 Å². The van der Waals surface area contributed by atoms with Crippen molar-refractivity contribution < 1.29 is 9.84 Å². The van der Waals surface area contributed by atoms with E-state index in [1.165, 1.54) is 0 Å². The molecule has 112 valence electrons. The summed E-state index contributed by atoms with van der Waals surface area (Å²) in [6, 6.07) is 9.48. The molecule has 0 amide bonds. The molecule has 3 rings (SSSR count). The predicted molar refractivity (Wildman–Crippen MR) is 84.4 cm³/mol.